The Morgan fingerprint density at radius 2 is 2.30 bits per heavy atom. The fourth-order valence-electron chi connectivity index (χ4n) is 2.12. The lowest BCUT2D eigenvalue weighted by Crippen LogP contribution is -2.31. The standard InChI is InChI=1S/C15H19N3OS/c16-6-1-2-13-11-17-7-3-14(13)15(19)18-10-12-4-8-20-9-5-12/h3,7,11-12H,4-6,8-10,16H2,(H,18,19). The summed E-state index contributed by atoms with van der Waals surface area (Å²) < 4.78 is 0. The Balaban J connectivity index is 1.97. The molecule has 1 aliphatic heterocycles. The van der Waals surface area contributed by atoms with Crippen molar-refractivity contribution in [3.05, 3.63) is 29.6 Å². The highest BCUT2D eigenvalue weighted by Gasteiger charge is 2.16. The maximum absolute atomic E-state index is 12.2. The van der Waals surface area contributed by atoms with E-state index in [9.17, 15) is 4.79 Å². The minimum Gasteiger partial charge on any atom is -0.352 e. The molecular formula is C15H19N3OS. The number of nitrogens with one attached hydrogen (secondary N) is 1. The average Bonchev–Trinajstić information content (AvgIpc) is 2.52. The Hall–Kier alpha value is -1.51. The Bertz CT molecular complexity index is 515. The second-order valence-corrected chi connectivity index (χ2v) is 5.92. The minimum absolute atomic E-state index is 0.0769. The van der Waals surface area contributed by atoms with Crippen LogP contribution in [0.2, 0.25) is 0 Å². The van der Waals surface area contributed by atoms with E-state index in [0.717, 1.165) is 6.54 Å². The van der Waals surface area contributed by atoms with Gasteiger partial charge in [0.1, 0.15) is 0 Å². The third kappa shape index (κ3) is 4.26. The highest BCUT2D eigenvalue weighted by Crippen LogP contribution is 2.22. The van der Waals surface area contributed by atoms with E-state index in [0.29, 0.717) is 17.0 Å². The topological polar surface area (TPSA) is 68.0 Å². The zero-order valence-corrected chi connectivity index (χ0v) is 12.2. The van der Waals surface area contributed by atoms with Crippen LogP contribution in [-0.2, 0) is 0 Å². The van der Waals surface area contributed by atoms with Crippen LogP contribution < -0.4 is 11.1 Å². The normalized spacial score (nSPS) is 15.2. The molecule has 2 rings (SSSR count). The van der Waals surface area contributed by atoms with Crippen molar-refractivity contribution in [2.45, 2.75) is 12.8 Å². The van der Waals surface area contributed by atoms with Crippen molar-refractivity contribution >= 4 is 17.7 Å². The quantitative estimate of drug-likeness (QED) is 0.822. The van der Waals surface area contributed by atoms with Crippen LogP contribution in [0.25, 0.3) is 0 Å². The smallest absolute Gasteiger partial charge is 0.252 e. The lowest BCUT2D eigenvalue weighted by Gasteiger charge is -2.21. The molecule has 1 aliphatic rings. The molecule has 0 saturated carbocycles. The van der Waals surface area contributed by atoms with E-state index in [4.69, 9.17) is 5.73 Å². The average molecular weight is 289 g/mol. The number of nitrogens with two attached hydrogens (primary N) is 1. The molecule has 1 saturated heterocycles. The van der Waals surface area contributed by atoms with E-state index in [1.165, 1.54) is 24.3 Å². The van der Waals surface area contributed by atoms with Gasteiger partial charge in [-0.2, -0.15) is 11.8 Å². The SMILES string of the molecule is NCC#Cc1cnccc1C(=O)NCC1CCSCC1. The van der Waals surface area contributed by atoms with Gasteiger partial charge in [0, 0.05) is 18.9 Å². The van der Waals surface area contributed by atoms with Gasteiger partial charge < -0.3 is 11.1 Å². The van der Waals surface area contributed by atoms with Gasteiger partial charge in [-0.1, -0.05) is 11.8 Å². The fourth-order valence-corrected chi connectivity index (χ4v) is 3.33. The molecule has 1 aromatic rings. The molecule has 0 unspecified atom stereocenters. The molecule has 0 aromatic carbocycles. The Kier molecular flexibility index (Phi) is 5.90. The number of aromatic nitrogens is 1. The van der Waals surface area contributed by atoms with Gasteiger partial charge in [0.05, 0.1) is 17.7 Å². The molecule has 1 aromatic heterocycles. The summed E-state index contributed by atoms with van der Waals surface area (Å²) in [5.74, 6) is 8.57. The van der Waals surface area contributed by atoms with Crippen molar-refractivity contribution in [2.24, 2.45) is 11.7 Å². The maximum Gasteiger partial charge on any atom is 0.252 e. The lowest BCUT2D eigenvalue weighted by molar-refractivity contribution is 0.0946. The molecule has 0 spiro atoms. The van der Waals surface area contributed by atoms with E-state index in [1.807, 2.05) is 11.8 Å². The lowest BCUT2D eigenvalue weighted by atomic mass is 10.0. The predicted molar refractivity (Wildman–Crippen MR) is 82.6 cm³/mol. The molecule has 1 fully saturated rings. The first kappa shape index (κ1) is 14.9. The van der Waals surface area contributed by atoms with Gasteiger partial charge >= 0.3 is 0 Å². The van der Waals surface area contributed by atoms with Gasteiger partial charge in [-0.15, -0.1) is 0 Å². The molecule has 0 radical (unpaired) electrons. The molecule has 0 aliphatic carbocycles. The second kappa shape index (κ2) is 7.93. The molecule has 3 N–H and O–H groups in total. The van der Waals surface area contributed by atoms with Crippen molar-refractivity contribution in [2.75, 3.05) is 24.6 Å². The Labute approximate surface area is 123 Å². The van der Waals surface area contributed by atoms with E-state index in [-0.39, 0.29) is 12.5 Å². The number of carbonyl (C=O) groups excluding carboxylic acids is 1. The summed E-state index contributed by atoms with van der Waals surface area (Å²) in [6, 6.07) is 1.70. The minimum atomic E-state index is -0.0769. The summed E-state index contributed by atoms with van der Waals surface area (Å²) in [7, 11) is 0. The molecule has 5 heteroatoms. The summed E-state index contributed by atoms with van der Waals surface area (Å²) in [4.78, 5) is 16.2. The zero-order chi connectivity index (χ0) is 14.2. The molecule has 0 atom stereocenters. The summed E-state index contributed by atoms with van der Waals surface area (Å²) in [6.45, 7) is 1.02. The first-order valence-electron chi connectivity index (χ1n) is 6.80. The molecule has 106 valence electrons. The van der Waals surface area contributed by atoms with Crippen LogP contribution in [0.1, 0.15) is 28.8 Å². The highest BCUT2D eigenvalue weighted by molar-refractivity contribution is 7.99. The summed E-state index contributed by atoms with van der Waals surface area (Å²) >= 11 is 1.99. The number of rotatable bonds is 3. The number of hydrogen-bond donors (Lipinski definition) is 2. The maximum atomic E-state index is 12.2. The summed E-state index contributed by atoms with van der Waals surface area (Å²) in [5, 5.41) is 3.01. The number of thioether (sulfide) groups is 1. The van der Waals surface area contributed by atoms with Crippen LogP contribution >= 0.6 is 11.8 Å². The number of pyridine rings is 1. The van der Waals surface area contributed by atoms with Crippen LogP contribution in [0.15, 0.2) is 18.5 Å². The summed E-state index contributed by atoms with van der Waals surface area (Å²) in [5.41, 5.74) is 6.57. The first-order chi connectivity index (χ1) is 9.81. The van der Waals surface area contributed by atoms with Gasteiger partial charge in [-0.3, -0.25) is 9.78 Å². The van der Waals surface area contributed by atoms with E-state index in [1.54, 1.807) is 18.5 Å². The number of hydrogen-bond acceptors (Lipinski definition) is 4. The van der Waals surface area contributed by atoms with Crippen molar-refractivity contribution < 1.29 is 4.79 Å². The van der Waals surface area contributed by atoms with Gasteiger partial charge in [0.2, 0.25) is 0 Å². The van der Waals surface area contributed by atoms with Crippen molar-refractivity contribution in [1.29, 1.82) is 0 Å². The van der Waals surface area contributed by atoms with Crippen molar-refractivity contribution in [3.63, 3.8) is 0 Å². The van der Waals surface area contributed by atoms with Crippen molar-refractivity contribution in [3.8, 4) is 11.8 Å². The van der Waals surface area contributed by atoms with Crippen LogP contribution in [0.3, 0.4) is 0 Å². The third-order valence-electron chi connectivity index (χ3n) is 3.28. The van der Waals surface area contributed by atoms with Crippen LogP contribution in [0.5, 0.6) is 0 Å². The molecule has 4 nitrogen and oxygen atoms in total. The largest absolute Gasteiger partial charge is 0.352 e. The first-order valence-corrected chi connectivity index (χ1v) is 7.95. The molecule has 0 bridgehead atoms. The van der Waals surface area contributed by atoms with Crippen LogP contribution in [-0.4, -0.2) is 35.5 Å². The Morgan fingerprint density at radius 3 is 3.05 bits per heavy atom. The number of carbonyl (C=O) groups is 1. The number of nitrogens with zero attached hydrogens (tertiary/aromatic N) is 1. The van der Waals surface area contributed by atoms with E-state index < -0.39 is 0 Å². The zero-order valence-electron chi connectivity index (χ0n) is 11.4. The second-order valence-electron chi connectivity index (χ2n) is 4.69. The van der Waals surface area contributed by atoms with Crippen molar-refractivity contribution in [1.82, 2.24) is 10.3 Å². The van der Waals surface area contributed by atoms with Crippen LogP contribution in [0, 0.1) is 17.8 Å². The number of amides is 1. The van der Waals surface area contributed by atoms with Gasteiger partial charge in [0.15, 0.2) is 0 Å². The molecule has 1 amide bonds. The van der Waals surface area contributed by atoms with Gasteiger partial charge in [-0.25, -0.2) is 0 Å². The molecule has 20 heavy (non-hydrogen) atoms. The van der Waals surface area contributed by atoms with Gasteiger partial charge in [-0.05, 0) is 36.3 Å². The predicted octanol–water partition coefficient (Wildman–Crippen LogP) is 1.26. The van der Waals surface area contributed by atoms with E-state index >= 15 is 0 Å². The highest BCUT2D eigenvalue weighted by atomic mass is 32.2. The molecule has 2 heterocycles. The van der Waals surface area contributed by atoms with Crippen LogP contribution in [0.4, 0.5) is 0 Å². The Morgan fingerprint density at radius 1 is 1.50 bits per heavy atom. The van der Waals surface area contributed by atoms with E-state index in [2.05, 4.69) is 22.1 Å². The summed E-state index contributed by atoms with van der Waals surface area (Å²) in [6.07, 6.45) is 5.58. The monoisotopic (exact) mass is 289 g/mol. The fraction of sp³-hybridized carbons (Fsp3) is 0.467. The molecular weight excluding hydrogens is 270 g/mol. The van der Waals surface area contributed by atoms with Gasteiger partial charge in [0.25, 0.3) is 5.91 Å². The third-order valence-corrected chi connectivity index (χ3v) is 4.33.